The second-order valence-electron chi connectivity index (χ2n) is 7.71. The third-order valence-electron chi connectivity index (χ3n) is 5.65. The zero-order valence-electron chi connectivity index (χ0n) is 16.5. The van der Waals surface area contributed by atoms with Crippen LogP contribution in [0.1, 0.15) is 60.8 Å². The molecular formula is C20H32Cl2SiZr. The van der Waals surface area contributed by atoms with E-state index in [9.17, 15) is 0 Å². The van der Waals surface area contributed by atoms with Gasteiger partial charge in [0.05, 0.1) is 0 Å². The van der Waals surface area contributed by atoms with Gasteiger partial charge in [0.2, 0.25) is 0 Å². The molecule has 1 atom stereocenters. The van der Waals surface area contributed by atoms with Crippen LogP contribution in [0.2, 0.25) is 13.1 Å². The topological polar surface area (TPSA) is 0 Å². The second kappa shape index (κ2) is 9.54. The minimum Gasteiger partial charge on any atom is -1.00 e. The van der Waals surface area contributed by atoms with Gasteiger partial charge in [0, 0.05) is 0 Å². The molecule has 0 saturated heterocycles. The molecule has 0 aliphatic heterocycles. The molecule has 0 fully saturated rings. The van der Waals surface area contributed by atoms with Crippen LogP contribution in [0, 0.1) is 5.92 Å². The van der Waals surface area contributed by atoms with Gasteiger partial charge >= 0.3 is 150 Å². The van der Waals surface area contributed by atoms with Gasteiger partial charge in [-0.25, -0.2) is 0 Å². The van der Waals surface area contributed by atoms with Crippen LogP contribution in [0.15, 0.2) is 42.4 Å². The molecule has 2 rings (SSSR count). The Labute approximate surface area is 173 Å². The van der Waals surface area contributed by atoms with Gasteiger partial charge in [-0.2, -0.15) is 0 Å². The number of hydrogen-bond donors (Lipinski definition) is 0. The van der Waals surface area contributed by atoms with E-state index in [0.717, 1.165) is 0 Å². The SMILES string of the molecule is CCCC1=CC(C)=[C]([Zr+2][Si](C)(C)C2=C(C)C(C)=C(C)C2C)C1.[Cl-].[Cl-]. The first-order valence-corrected chi connectivity index (χ1v) is 16.7. The van der Waals surface area contributed by atoms with Crippen LogP contribution in [0.4, 0.5) is 0 Å². The molecule has 0 aromatic rings. The molecule has 0 spiro atoms. The van der Waals surface area contributed by atoms with E-state index in [4.69, 9.17) is 0 Å². The largest absolute Gasteiger partial charge is 1.00 e. The summed E-state index contributed by atoms with van der Waals surface area (Å²) in [7, 11) is 0. The Hall–Kier alpha value is 0.640. The maximum atomic E-state index is 2.67. The van der Waals surface area contributed by atoms with E-state index in [1.807, 2.05) is 8.48 Å². The van der Waals surface area contributed by atoms with E-state index in [2.05, 4.69) is 60.7 Å². The quantitative estimate of drug-likeness (QED) is 0.523. The Morgan fingerprint density at radius 3 is 2.12 bits per heavy atom. The standard InChI is InChI=1S/C11H19Si.C9H13.2ClH.Zr/c1-7-8(2)10(4)11(9(7)3)12(5)6;1-3-4-9-6-5-8(2)7-9;;;/h9H,1-6H3;7H,3-4,6H2,1-2H3;2*1H;/q;;;;+2/p-2. The van der Waals surface area contributed by atoms with Crippen molar-refractivity contribution in [3.05, 3.63) is 42.4 Å². The molecule has 0 saturated carbocycles. The van der Waals surface area contributed by atoms with Crippen LogP contribution in [0.25, 0.3) is 0 Å². The smallest absolute Gasteiger partial charge is 1.00 e. The first-order chi connectivity index (χ1) is 10.2. The van der Waals surface area contributed by atoms with Gasteiger partial charge in [-0.1, -0.05) is 0 Å². The van der Waals surface area contributed by atoms with Crippen molar-refractivity contribution >= 4 is 5.20 Å². The van der Waals surface area contributed by atoms with E-state index in [0.29, 0.717) is 5.92 Å². The minimum atomic E-state index is -1.22. The zero-order chi connectivity index (χ0) is 16.7. The molecule has 0 amide bonds. The van der Waals surface area contributed by atoms with Crippen LogP contribution in [-0.4, -0.2) is 5.20 Å². The normalized spacial score (nSPS) is 20.8. The Morgan fingerprint density at radius 2 is 1.67 bits per heavy atom. The molecule has 24 heavy (non-hydrogen) atoms. The van der Waals surface area contributed by atoms with Crippen LogP contribution in [-0.2, 0) is 22.4 Å². The fraction of sp³-hybridized carbons (Fsp3) is 0.600. The molecule has 0 aromatic heterocycles. The van der Waals surface area contributed by atoms with Crippen molar-refractivity contribution in [2.24, 2.45) is 5.92 Å². The molecular weight excluding hydrogens is 430 g/mol. The summed E-state index contributed by atoms with van der Waals surface area (Å²) in [4.78, 5) is 0. The van der Waals surface area contributed by atoms with Gasteiger partial charge in [-0.15, -0.1) is 0 Å². The van der Waals surface area contributed by atoms with Crippen molar-refractivity contribution in [3.63, 3.8) is 0 Å². The van der Waals surface area contributed by atoms with Crippen molar-refractivity contribution in [1.82, 2.24) is 0 Å². The third-order valence-corrected chi connectivity index (χ3v) is 19.0. The Balaban J connectivity index is 0.00000264. The predicted octanol–water partition coefficient (Wildman–Crippen LogP) is 0.528. The van der Waals surface area contributed by atoms with Crippen molar-refractivity contribution in [1.29, 1.82) is 0 Å². The molecule has 0 N–H and O–H groups in total. The molecule has 4 heteroatoms. The molecule has 134 valence electrons. The van der Waals surface area contributed by atoms with Crippen molar-refractivity contribution in [2.75, 3.05) is 0 Å². The number of rotatable bonds is 5. The molecule has 0 bridgehead atoms. The van der Waals surface area contributed by atoms with Gasteiger partial charge < -0.3 is 24.8 Å². The van der Waals surface area contributed by atoms with E-state index >= 15 is 0 Å². The summed E-state index contributed by atoms with van der Waals surface area (Å²) in [6.45, 7) is 19.5. The molecule has 0 aromatic carbocycles. The summed E-state index contributed by atoms with van der Waals surface area (Å²) in [5.74, 6) is 0.716. The minimum absolute atomic E-state index is 0. The van der Waals surface area contributed by atoms with Crippen molar-refractivity contribution < 1.29 is 47.2 Å². The van der Waals surface area contributed by atoms with E-state index < -0.39 is 27.6 Å². The van der Waals surface area contributed by atoms with E-state index in [-0.39, 0.29) is 24.8 Å². The Bertz CT molecular complexity index is 609. The average molecular weight is 463 g/mol. The van der Waals surface area contributed by atoms with Crippen molar-refractivity contribution in [3.8, 4) is 0 Å². The summed E-state index contributed by atoms with van der Waals surface area (Å²) in [6, 6.07) is 0. The molecule has 1 unspecified atom stereocenters. The first-order valence-electron chi connectivity index (χ1n) is 8.75. The van der Waals surface area contributed by atoms with Gasteiger partial charge in [0.15, 0.2) is 0 Å². The fourth-order valence-corrected chi connectivity index (χ4v) is 20.2. The van der Waals surface area contributed by atoms with Crippen LogP contribution < -0.4 is 24.8 Å². The fourth-order valence-electron chi connectivity index (χ4n) is 4.25. The summed E-state index contributed by atoms with van der Waals surface area (Å²) in [5, 5.41) is 0.665. The summed E-state index contributed by atoms with van der Waals surface area (Å²) in [5.41, 5.74) is 8.22. The number of halogens is 2. The summed E-state index contributed by atoms with van der Waals surface area (Å²) < 4.78 is 1.90. The number of allylic oxidation sites excluding steroid dienone is 8. The molecule has 0 radical (unpaired) electrons. The maximum absolute atomic E-state index is 2.67. The summed E-state index contributed by atoms with van der Waals surface area (Å²) >= 11 is -0.469. The zero-order valence-corrected chi connectivity index (χ0v) is 21.5. The van der Waals surface area contributed by atoms with E-state index in [1.54, 1.807) is 27.9 Å². The van der Waals surface area contributed by atoms with Crippen LogP contribution in [0.3, 0.4) is 0 Å². The second-order valence-corrected chi connectivity index (χ2v) is 24.3. The molecule has 2 aliphatic rings. The first kappa shape index (κ1) is 24.6. The van der Waals surface area contributed by atoms with Gasteiger partial charge in [0.1, 0.15) is 0 Å². The average Bonchev–Trinajstić information content (AvgIpc) is 2.84. The van der Waals surface area contributed by atoms with Gasteiger partial charge in [-0.05, 0) is 0 Å². The maximum Gasteiger partial charge on any atom is -1.00 e. The van der Waals surface area contributed by atoms with E-state index in [1.165, 1.54) is 19.3 Å². The monoisotopic (exact) mass is 460 g/mol. The van der Waals surface area contributed by atoms with Crippen LogP contribution >= 0.6 is 0 Å². The molecule has 0 heterocycles. The molecule has 0 nitrogen and oxygen atoms in total. The van der Waals surface area contributed by atoms with Crippen LogP contribution in [0.5, 0.6) is 0 Å². The number of hydrogen-bond acceptors (Lipinski definition) is 0. The summed E-state index contributed by atoms with van der Waals surface area (Å²) in [6.07, 6.45) is 6.44. The molecule has 2 aliphatic carbocycles. The predicted molar refractivity (Wildman–Crippen MR) is 98.0 cm³/mol. The Morgan fingerprint density at radius 1 is 1.08 bits per heavy atom. The van der Waals surface area contributed by atoms with Crippen molar-refractivity contribution in [2.45, 2.75) is 73.9 Å². The third kappa shape index (κ3) is 4.87. The van der Waals surface area contributed by atoms with Gasteiger partial charge in [-0.3, -0.25) is 0 Å². The van der Waals surface area contributed by atoms with Gasteiger partial charge in [0.25, 0.3) is 0 Å². The Kier molecular flexibility index (Phi) is 9.79.